The van der Waals surface area contributed by atoms with Gasteiger partial charge in [0.2, 0.25) is 0 Å². The van der Waals surface area contributed by atoms with Gasteiger partial charge in [0, 0.05) is 0 Å². The van der Waals surface area contributed by atoms with Crippen LogP contribution in [0.15, 0.2) is 0 Å². The molecule has 0 bridgehead atoms. The van der Waals surface area contributed by atoms with Crippen molar-refractivity contribution in [3.8, 4) is 0 Å². The number of nitrogens with zero attached hydrogens (tertiary/aromatic N) is 1. The lowest BCUT2D eigenvalue weighted by molar-refractivity contribution is 0.151. The summed E-state index contributed by atoms with van der Waals surface area (Å²) in [7, 11) is 0. The van der Waals surface area contributed by atoms with Gasteiger partial charge in [0.1, 0.15) is 0 Å². The topological polar surface area (TPSA) is 3.24 Å². The number of rotatable bonds is 13. The Bertz CT molecular complexity index is 165. The Balaban J connectivity index is 4.49. The summed E-state index contributed by atoms with van der Waals surface area (Å²) < 4.78 is 0. The molecule has 0 saturated carbocycles. The van der Waals surface area contributed by atoms with Gasteiger partial charge in [-0.3, -0.25) is 0 Å². The lowest BCUT2D eigenvalue weighted by Crippen LogP contribution is -2.32. The van der Waals surface area contributed by atoms with E-state index in [0.29, 0.717) is 5.41 Å². The molecule has 0 aromatic carbocycles. The highest BCUT2D eigenvalue weighted by molar-refractivity contribution is 4.80. The van der Waals surface area contributed by atoms with Crippen LogP contribution in [0.25, 0.3) is 0 Å². The zero-order chi connectivity index (χ0) is 14.6. The summed E-state index contributed by atoms with van der Waals surface area (Å²) in [6.45, 7) is 15.6. The highest BCUT2D eigenvalue weighted by Crippen LogP contribution is 2.38. The molecule has 0 fully saturated rings. The molecule has 0 radical (unpaired) electrons. The van der Waals surface area contributed by atoms with E-state index >= 15 is 0 Å². The SMILES string of the molecule is CCCN(CCC)CCC(CCC)(CCC)CCC. The lowest BCUT2D eigenvalue weighted by Gasteiger charge is -2.36. The Morgan fingerprint density at radius 3 is 1.26 bits per heavy atom. The molecule has 0 unspecified atom stereocenters. The fourth-order valence-electron chi connectivity index (χ4n) is 3.70. The molecule has 0 aliphatic heterocycles. The molecule has 0 aromatic heterocycles. The van der Waals surface area contributed by atoms with E-state index in [9.17, 15) is 0 Å². The summed E-state index contributed by atoms with van der Waals surface area (Å²) in [5.74, 6) is 0. The summed E-state index contributed by atoms with van der Waals surface area (Å²) in [6.07, 6.45) is 12.3. The van der Waals surface area contributed by atoms with Crippen molar-refractivity contribution in [1.29, 1.82) is 0 Å². The van der Waals surface area contributed by atoms with E-state index < -0.39 is 0 Å². The molecule has 0 aromatic rings. The molecule has 0 saturated heterocycles. The molecule has 0 aliphatic carbocycles. The van der Waals surface area contributed by atoms with Crippen molar-refractivity contribution in [2.75, 3.05) is 19.6 Å². The molecule has 116 valence electrons. The van der Waals surface area contributed by atoms with E-state index in [0.717, 1.165) is 0 Å². The molecular formula is C18H39N. The van der Waals surface area contributed by atoms with Crippen molar-refractivity contribution in [2.45, 2.75) is 92.4 Å². The second-order valence-corrected chi connectivity index (χ2v) is 6.34. The van der Waals surface area contributed by atoms with Gasteiger partial charge in [-0.25, -0.2) is 0 Å². The molecule has 1 heteroatoms. The molecule has 0 aliphatic rings. The Morgan fingerprint density at radius 1 is 0.526 bits per heavy atom. The standard InChI is InChI=1S/C18H39N/c1-6-11-18(12-7-2,13-8-3)14-17-19(15-9-4)16-10-5/h6-17H2,1-5H3. The summed E-state index contributed by atoms with van der Waals surface area (Å²) in [6, 6.07) is 0. The molecule has 0 spiro atoms. The third-order valence-electron chi connectivity index (χ3n) is 4.38. The van der Waals surface area contributed by atoms with Crippen LogP contribution in [0.1, 0.15) is 92.4 Å². The van der Waals surface area contributed by atoms with Gasteiger partial charge in [0.15, 0.2) is 0 Å². The van der Waals surface area contributed by atoms with Crippen molar-refractivity contribution in [3.63, 3.8) is 0 Å². The summed E-state index contributed by atoms with van der Waals surface area (Å²) in [4.78, 5) is 2.69. The number of hydrogen-bond acceptors (Lipinski definition) is 1. The van der Waals surface area contributed by atoms with Crippen LogP contribution in [-0.2, 0) is 0 Å². The van der Waals surface area contributed by atoms with Crippen LogP contribution in [0.2, 0.25) is 0 Å². The first kappa shape index (κ1) is 19.0. The minimum absolute atomic E-state index is 0.637. The molecule has 19 heavy (non-hydrogen) atoms. The zero-order valence-electron chi connectivity index (χ0n) is 14.4. The normalized spacial score (nSPS) is 12.3. The van der Waals surface area contributed by atoms with E-state index in [4.69, 9.17) is 0 Å². The molecule has 0 amide bonds. The van der Waals surface area contributed by atoms with Crippen molar-refractivity contribution in [3.05, 3.63) is 0 Å². The maximum Gasteiger partial charge on any atom is -0.00134 e. The van der Waals surface area contributed by atoms with Crippen molar-refractivity contribution < 1.29 is 0 Å². The maximum atomic E-state index is 2.69. The average Bonchev–Trinajstić information content (AvgIpc) is 2.37. The third-order valence-corrected chi connectivity index (χ3v) is 4.38. The summed E-state index contributed by atoms with van der Waals surface area (Å²) >= 11 is 0. The number of hydrogen-bond donors (Lipinski definition) is 0. The highest BCUT2D eigenvalue weighted by Gasteiger charge is 2.27. The molecule has 1 nitrogen and oxygen atoms in total. The van der Waals surface area contributed by atoms with Gasteiger partial charge in [0.25, 0.3) is 0 Å². The predicted molar refractivity (Wildman–Crippen MR) is 88.8 cm³/mol. The summed E-state index contributed by atoms with van der Waals surface area (Å²) in [5.41, 5.74) is 0.637. The monoisotopic (exact) mass is 269 g/mol. The van der Waals surface area contributed by atoms with Crippen LogP contribution in [0.4, 0.5) is 0 Å². The van der Waals surface area contributed by atoms with Crippen molar-refractivity contribution >= 4 is 0 Å². The second kappa shape index (κ2) is 11.8. The van der Waals surface area contributed by atoms with E-state index in [-0.39, 0.29) is 0 Å². The minimum atomic E-state index is 0.637. The highest BCUT2D eigenvalue weighted by atomic mass is 15.1. The Labute approximate surface area is 123 Å². The third kappa shape index (κ3) is 7.97. The van der Waals surface area contributed by atoms with Gasteiger partial charge in [-0.1, -0.05) is 53.9 Å². The fraction of sp³-hybridized carbons (Fsp3) is 1.00. The van der Waals surface area contributed by atoms with E-state index in [1.165, 1.54) is 77.4 Å². The first-order valence-electron chi connectivity index (χ1n) is 8.90. The Hall–Kier alpha value is -0.0400. The smallest absolute Gasteiger partial charge is 0.00134 e. The summed E-state index contributed by atoms with van der Waals surface area (Å²) in [5, 5.41) is 0. The molecule has 0 N–H and O–H groups in total. The van der Waals surface area contributed by atoms with Crippen LogP contribution in [-0.4, -0.2) is 24.5 Å². The van der Waals surface area contributed by atoms with Crippen LogP contribution in [0.3, 0.4) is 0 Å². The largest absolute Gasteiger partial charge is 0.303 e. The van der Waals surface area contributed by atoms with Crippen molar-refractivity contribution in [2.24, 2.45) is 5.41 Å². The van der Waals surface area contributed by atoms with Gasteiger partial charge in [-0.15, -0.1) is 0 Å². The fourth-order valence-corrected chi connectivity index (χ4v) is 3.70. The van der Waals surface area contributed by atoms with Gasteiger partial charge in [0.05, 0.1) is 0 Å². The maximum absolute atomic E-state index is 2.69. The second-order valence-electron chi connectivity index (χ2n) is 6.34. The van der Waals surface area contributed by atoms with E-state index in [1.54, 1.807) is 0 Å². The zero-order valence-corrected chi connectivity index (χ0v) is 14.4. The van der Waals surface area contributed by atoms with Crippen LogP contribution in [0.5, 0.6) is 0 Å². The van der Waals surface area contributed by atoms with Gasteiger partial charge < -0.3 is 4.90 Å². The Morgan fingerprint density at radius 2 is 0.947 bits per heavy atom. The molecule has 0 rings (SSSR count). The average molecular weight is 270 g/mol. The predicted octanol–water partition coefficient (Wildman–Crippen LogP) is 5.89. The molecule has 0 atom stereocenters. The van der Waals surface area contributed by atoms with Crippen LogP contribution < -0.4 is 0 Å². The molecular weight excluding hydrogens is 230 g/mol. The van der Waals surface area contributed by atoms with E-state index in [1.807, 2.05) is 0 Å². The van der Waals surface area contributed by atoms with E-state index in [2.05, 4.69) is 39.5 Å². The minimum Gasteiger partial charge on any atom is -0.303 e. The van der Waals surface area contributed by atoms with Crippen LogP contribution in [0, 0.1) is 5.41 Å². The first-order chi connectivity index (χ1) is 9.17. The van der Waals surface area contributed by atoms with Gasteiger partial charge in [-0.05, 0) is 63.6 Å². The van der Waals surface area contributed by atoms with Crippen molar-refractivity contribution in [1.82, 2.24) is 4.90 Å². The Kier molecular flexibility index (Phi) is 11.7. The quantitative estimate of drug-likeness (QED) is 0.403. The lowest BCUT2D eigenvalue weighted by atomic mass is 9.73. The molecule has 0 heterocycles. The first-order valence-corrected chi connectivity index (χ1v) is 8.90. The van der Waals surface area contributed by atoms with Gasteiger partial charge >= 0.3 is 0 Å². The van der Waals surface area contributed by atoms with Gasteiger partial charge in [-0.2, -0.15) is 0 Å². The van der Waals surface area contributed by atoms with Crippen LogP contribution >= 0.6 is 0 Å².